The molecule has 0 spiro atoms. The Morgan fingerprint density at radius 2 is 1.26 bits per heavy atom. The maximum Gasteiger partial charge on any atom is 0.470 e. The number of ketones is 1. The van der Waals surface area contributed by atoms with E-state index in [9.17, 15) is 29.2 Å². The Balaban J connectivity index is -0.000000602. The van der Waals surface area contributed by atoms with Crippen molar-refractivity contribution in [1.82, 2.24) is 0 Å². The summed E-state index contributed by atoms with van der Waals surface area (Å²) in [5.74, 6) is -1.36. The van der Waals surface area contributed by atoms with Gasteiger partial charge in [0.25, 0.3) is 0 Å². The summed E-state index contributed by atoms with van der Waals surface area (Å²) in [5, 5.41) is 27.7. The number of phosphoric acid groups is 2. The van der Waals surface area contributed by atoms with Crippen molar-refractivity contribution >= 4 is 110 Å². The molecule has 3 atom stereocenters. The van der Waals surface area contributed by atoms with Gasteiger partial charge in [0.15, 0.2) is 5.78 Å². The van der Waals surface area contributed by atoms with Crippen LogP contribution in [-0.4, -0.2) is 161 Å². The summed E-state index contributed by atoms with van der Waals surface area (Å²) in [4.78, 5) is 44.4. The van der Waals surface area contributed by atoms with Crippen molar-refractivity contribution < 1.29 is 57.9 Å². The first-order valence-corrected chi connectivity index (χ1v) is 7.86. The molecular formula is C6H14Na3O12P2. The van der Waals surface area contributed by atoms with Crippen LogP contribution in [0, 0.1) is 0 Å². The maximum atomic E-state index is 11.2. The second-order valence-corrected chi connectivity index (χ2v) is 6.00. The normalized spacial score (nSPS) is 15.3. The Labute approximate surface area is 197 Å². The van der Waals surface area contributed by atoms with Crippen LogP contribution in [0.15, 0.2) is 0 Å². The van der Waals surface area contributed by atoms with Gasteiger partial charge in [-0.25, -0.2) is 9.13 Å². The van der Waals surface area contributed by atoms with E-state index in [4.69, 9.17) is 19.6 Å². The molecule has 0 saturated heterocycles. The summed E-state index contributed by atoms with van der Waals surface area (Å²) < 4.78 is 28.2. The van der Waals surface area contributed by atoms with Crippen LogP contribution in [0.1, 0.15) is 0 Å². The van der Waals surface area contributed by atoms with E-state index in [1.807, 2.05) is 0 Å². The van der Waals surface area contributed by atoms with E-state index in [1.54, 1.807) is 0 Å². The van der Waals surface area contributed by atoms with E-state index < -0.39 is 53.0 Å². The molecule has 0 aliphatic heterocycles. The summed E-state index contributed by atoms with van der Waals surface area (Å²) in [6.45, 7) is -2.33. The summed E-state index contributed by atoms with van der Waals surface area (Å²) in [5.41, 5.74) is 0. The van der Waals surface area contributed by atoms with E-state index in [-0.39, 0.29) is 88.7 Å². The van der Waals surface area contributed by atoms with Gasteiger partial charge in [-0.2, -0.15) is 0 Å². The minimum Gasteiger partial charge on any atom is -0.388 e. The van der Waals surface area contributed by atoms with Gasteiger partial charge >= 0.3 is 15.6 Å². The van der Waals surface area contributed by atoms with Crippen molar-refractivity contribution in [2.75, 3.05) is 13.2 Å². The summed E-state index contributed by atoms with van der Waals surface area (Å²) in [6.07, 6.45) is -6.53. The zero-order chi connectivity index (χ0) is 16.1. The molecule has 123 valence electrons. The van der Waals surface area contributed by atoms with Gasteiger partial charge in [0.1, 0.15) is 24.9 Å². The minimum absolute atomic E-state index is 0. The Bertz CT molecular complexity index is 423. The summed E-state index contributed by atoms with van der Waals surface area (Å²) in [6, 6.07) is 0. The van der Waals surface area contributed by atoms with Gasteiger partial charge in [-0.3, -0.25) is 13.8 Å². The first-order valence-electron chi connectivity index (χ1n) is 4.80. The molecule has 0 unspecified atom stereocenters. The minimum atomic E-state index is -4.95. The fraction of sp³-hybridized carbons (Fsp3) is 0.833. The first-order chi connectivity index (χ1) is 8.83. The summed E-state index contributed by atoms with van der Waals surface area (Å²) >= 11 is 0. The predicted molar refractivity (Wildman–Crippen MR) is 76.3 cm³/mol. The number of rotatable bonds is 9. The van der Waals surface area contributed by atoms with Gasteiger partial charge in [0.2, 0.25) is 0 Å². The molecule has 12 nitrogen and oxygen atoms in total. The van der Waals surface area contributed by atoms with Gasteiger partial charge < -0.3 is 34.9 Å². The molecule has 0 bridgehead atoms. The molecule has 0 heterocycles. The van der Waals surface area contributed by atoms with Crippen LogP contribution < -0.4 is 0 Å². The van der Waals surface area contributed by atoms with E-state index >= 15 is 0 Å². The molecule has 0 aliphatic rings. The smallest absolute Gasteiger partial charge is 0.388 e. The average Bonchev–Trinajstić information content (AvgIpc) is 2.29. The molecule has 7 N–H and O–H groups in total. The van der Waals surface area contributed by atoms with Crippen molar-refractivity contribution in [1.29, 1.82) is 0 Å². The van der Waals surface area contributed by atoms with E-state index in [1.165, 1.54) is 0 Å². The largest absolute Gasteiger partial charge is 0.470 e. The number of Topliss-reactive ketones (excluding diaryl/α,β-unsaturated/α-hetero) is 1. The van der Waals surface area contributed by atoms with Gasteiger partial charge in [-0.15, -0.1) is 0 Å². The van der Waals surface area contributed by atoms with Crippen LogP contribution in [0.5, 0.6) is 0 Å². The topological polar surface area (TPSA) is 211 Å². The van der Waals surface area contributed by atoms with Crippen molar-refractivity contribution in [3.8, 4) is 0 Å². The van der Waals surface area contributed by atoms with Crippen molar-refractivity contribution in [3.05, 3.63) is 0 Å². The molecule has 0 rings (SSSR count). The van der Waals surface area contributed by atoms with Crippen LogP contribution in [0.3, 0.4) is 0 Å². The van der Waals surface area contributed by atoms with E-state index in [0.29, 0.717) is 0 Å². The number of hydrogen-bond donors (Lipinski definition) is 7. The fourth-order valence-electron chi connectivity index (χ4n) is 0.906. The molecule has 0 aromatic heterocycles. The van der Waals surface area contributed by atoms with Crippen LogP contribution in [0.4, 0.5) is 0 Å². The Morgan fingerprint density at radius 3 is 1.61 bits per heavy atom. The third kappa shape index (κ3) is 17.9. The molecule has 0 fully saturated rings. The first kappa shape index (κ1) is 33.4. The molecule has 3 radical (unpaired) electrons. The number of carbonyl (C=O) groups is 1. The molecule has 23 heavy (non-hydrogen) atoms. The van der Waals surface area contributed by atoms with Crippen molar-refractivity contribution in [2.24, 2.45) is 0 Å². The molecule has 17 heteroatoms. The van der Waals surface area contributed by atoms with Crippen molar-refractivity contribution in [3.63, 3.8) is 0 Å². The second-order valence-electron chi connectivity index (χ2n) is 3.52. The third-order valence-corrected chi connectivity index (χ3v) is 2.79. The Morgan fingerprint density at radius 1 is 0.870 bits per heavy atom. The van der Waals surface area contributed by atoms with Crippen LogP contribution in [0.25, 0.3) is 0 Å². The number of carbonyl (C=O) groups excluding carboxylic acids is 1. The quantitative estimate of drug-likeness (QED) is 0.142. The zero-order valence-electron chi connectivity index (χ0n) is 12.7. The van der Waals surface area contributed by atoms with Gasteiger partial charge in [-0.1, -0.05) is 0 Å². The van der Waals surface area contributed by atoms with Gasteiger partial charge in [0, 0.05) is 88.7 Å². The van der Waals surface area contributed by atoms with Crippen molar-refractivity contribution in [2.45, 2.75) is 18.3 Å². The number of aliphatic hydroxyl groups is 3. The van der Waals surface area contributed by atoms with Gasteiger partial charge in [-0.05, 0) is 0 Å². The number of hydrogen-bond acceptors (Lipinski definition) is 8. The molecule has 0 saturated carbocycles. The Hall–Kier alpha value is 2.77. The number of phosphoric ester groups is 2. The molecule has 0 aliphatic carbocycles. The van der Waals surface area contributed by atoms with E-state index in [2.05, 4.69) is 9.05 Å². The number of aliphatic hydroxyl groups excluding tert-OH is 3. The fourth-order valence-corrected chi connectivity index (χ4v) is 1.55. The molecule has 0 aromatic carbocycles. The molecule has 0 amide bonds. The van der Waals surface area contributed by atoms with E-state index in [0.717, 1.165) is 0 Å². The SMILES string of the molecule is O=C(COP(=O)(O)O)[C@@H](O)[C@H](O)[C@H](O)COP(=O)(O)O.[Na].[Na].[Na]. The maximum absolute atomic E-state index is 11.2. The zero-order valence-corrected chi connectivity index (χ0v) is 20.5. The van der Waals surface area contributed by atoms with Crippen LogP contribution in [0.2, 0.25) is 0 Å². The third-order valence-electron chi connectivity index (χ3n) is 1.84. The summed E-state index contributed by atoms with van der Waals surface area (Å²) in [7, 11) is -9.87. The van der Waals surface area contributed by atoms with Crippen LogP contribution >= 0.6 is 15.6 Å². The Kier molecular flexibility index (Phi) is 21.4. The second kappa shape index (κ2) is 14.8. The molecular weight excluding hydrogens is 395 g/mol. The van der Waals surface area contributed by atoms with Crippen LogP contribution in [-0.2, 0) is 23.0 Å². The van der Waals surface area contributed by atoms with Gasteiger partial charge in [0.05, 0.1) is 6.61 Å². The average molecular weight is 409 g/mol. The predicted octanol–water partition coefficient (Wildman–Crippen LogP) is -4.29. The standard InChI is InChI=1S/C6H14O12P2.3Na/c7-3(1-17-19(11,12)13)5(9)6(10)4(8)2-18-20(14,15)16;;;/h3,5-7,9-10H,1-2H2,(H2,11,12,13)(H2,14,15,16);;;/t3-,5-,6-;;;/m1.../s1. The monoisotopic (exact) mass is 409 g/mol. The molecule has 0 aromatic rings.